The van der Waals surface area contributed by atoms with Crippen LogP contribution in [0.5, 0.6) is 0 Å². The Morgan fingerprint density at radius 1 is 1.31 bits per heavy atom. The van der Waals surface area contributed by atoms with Crippen molar-refractivity contribution < 1.29 is 0 Å². The van der Waals surface area contributed by atoms with Gasteiger partial charge in [0.1, 0.15) is 0 Å². The maximum atomic E-state index is 8.90. The maximum absolute atomic E-state index is 8.90. The zero-order valence-electron chi connectivity index (χ0n) is 7.83. The van der Waals surface area contributed by atoms with E-state index in [-0.39, 0.29) is 5.92 Å². The molecule has 0 bridgehead atoms. The minimum Gasteiger partial charge on any atom is -0.383 e. The van der Waals surface area contributed by atoms with Gasteiger partial charge >= 0.3 is 0 Å². The molecular formula is C11H12N2. The third kappa shape index (κ3) is 1.08. The smallest absolute Gasteiger partial charge is 0.0969 e. The topological polar surface area (TPSA) is 35.8 Å². The number of nitriles is 1. The summed E-state index contributed by atoms with van der Waals surface area (Å²) in [5.74, 6) is 0.273. The maximum Gasteiger partial charge on any atom is 0.0969 e. The van der Waals surface area contributed by atoms with Crippen LogP contribution in [0.25, 0.3) is 0 Å². The van der Waals surface area contributed by atoms with Gasteiger partial charge in [-0.1, -0.05) is 23.3 Å². The minimum absolute atomic E-state index is 0.273. The van der Waals surface area contributed by atoms with Crippen molar-refractivity contribution in [3.05, 3.63) is 35.1 Å². The summed E-state index contributed by atoms with van der Waals surface area (Å²) >= 11 is 0. The van der Waals surface area contributed by atoms with Gasteiger partial charge in [-0.15, -0.1) is 0 Å². The molecule has 2 nitrogen and oxygen atoms in total. The first-order chi connectivity index (χ1) is 6.24. The van der Waals surface area contributed by atoms with Crippen molar-refractivity contribution >= 4 is 0 Å². The van der Waals surface area contributed by atoms with Crippen molar-refractivity contribution in [2.24, 2.45) is 5.92 Å². The summed E-state index contributed by atoms with van der Waals surface area (Å²) in [4.78, 5) is 0. The van der Waals surface area contributed by atoms with Gasteiger partial charge in [0.05, 0.1) is 17.7 Å². The number of fused-ring (bicyclic) bond motifs is 1. The van der Waals surface area contributed by atoms with Crippen LogP contribution < -0.4 is 5.32 Å². The molecule has 1 heterocycles. The number of rotatable bonds is 0. The molecule has 0 aromatic rings. The minimum atomic E-state index is 0.273. The molecule has 2 unspecified atom stereocenters. The third-order valence-corrected chi connectivity index (χ3v) is 2.81. The zero-order valence-corrected chi connectivity index (χ0v) is 7.83. The lowest BCUT2D eigenvalue weighted by Crippen LogP contribution is -2.31. The molecule has 1 aliphatic carbocycles. The van der Waals surface area contributed by atoms with Crippen molar-refractivity contribution in [1.82, 2.24) is 5.32 Å². The van der Waals surface area contributed by atoms with Gasteiger partial charge in [-0.05, 0) is 13.8 Å². The van der Waals surface area contributed by atoms with E-state index >= 15 is 0 Å². The normalized spacial score (nSPS) is 30.7. The van der Waals surface area contributed by atoms with Crippen LogP contribution in [0.3, 0.4) is 0 Å². The first kappa shape index (κ1) is 8.12. The molecule has 0 saturated heterocycles. The van der Waals surface area contributed by atoms with Gasteiger partial charge in [0.15, 0.2) is 0 Å². The summed E-state index contributed by atoms with van der Waals surface area (Å²) in [5, 5.41) is 12.2. The van der Waals surface area contributed by atoms with Gasteiger partial charge in [-0.25, -0.2) is 0 Å². The predicted octanol–water partition coefficient (Wildman–Crippen LogP) is 1.89. The van der Waals surface area contributed by atoms with E-state index in [1.54, 1.807) is 0 Å². The second kappa shape index (κ2) is 2.77. The Bertz CT molecular complexity index is 366. The van der Waals surface area contributed by atoms with Gasteiger partial charge in [0, 0.05) is 12.1 Å². The van der Waals surface area contributed by atoms with Crippen molar-refractivity contribution in [3.8, 4) is 6.07 Å². The summed E-state index contributed by atoms with van der Waals surface area (Å²) in [7, 11) is 0. The highest BCUT2D eigenvalue weighted by Gasteiger charge is 2.33. The van der Waals surface area contributed by atoms with E-state index in [2.05, 4.69) is 37.4 Å². The molecule has 0 spiro atoms. The number of allylic oxidation sites excluding steroid dienone is 2. The number of nitrogens with zero attached hydrogens (tertiary/aromatic N) is 1. The van der Waals surface area contributed by atoms with Crippen LogP contribution in [-0.4, -0.2) is 6.04 Å². The van der Waals surface area contributed by atoms with Crippen molar-refractivity contribution in [2.45, 2.75) is 19.9 Å². The van der Waals surface area contributed by atoms with Crippen LogP contribution in [0.4, 0.5) is 0 Å². The average molecular weight is 172 g/mol. The Kier molecular flexibility index (Phi) is 1.73. The lowest BCUT2D eigenvalue weighted by molar-refractivity contribution is 0.581. The molecule has 2 aliphatic rings. The average Bonchev–Trinajstić information content (AvgIpc) is 2.56. The first-order valence-corrected chi connectivity index (χ1v) is 4.45. The van der Waals surface area contributed by atoms with E-state index in [1.165, 1.54) is 11.1 Å². The number of hydrogen-bond acceptors (Lipinski definition) is 2. The van der Waals surface area contributed by atoms with Crippen LogP contribution in [0.1, 0.15) is 13.8 Å². The molecule has 2 rings (SSSR count). The Morgan fingerprint density at radius 2 is 2.00 bits per heavy atom. The van der Waals surface area contributed by atoms with Crippen LogP contribution >= 0.6 is 0 Å². The molecule has 13 heavy (non-hydrogen) atoms. The van der Waals surface area contributed by atoms with E-state index in [0.717, 1.165) is 5.57 Å². The Balaban J connectivity index is 2.39. The SMILES string of the molecule is CC1=CC=C(C)C2C(C#N)=CNC12. The third-order valence-electron chi connectivity index (χ3n) is 2.81. The van der Waals surface area contributed by atoms with Gasteiger partial charge in [0.2, 0.25) is 0 Å². The standard InChI is InChI=1S/C11H12N2/c1-7-3-4-8(2)11-10(7)9(5-12)6-13-11/h3-4,6,10-11,13H,1-2H3. The number of hydrogen-bond donors (Lipinski definition) is 1. The molecule has 66 valence electrons. The summed E-state index contributed by atoms with van der Waals surface area (Å²) in [6.07, 6.45) is 6.07. The quantitative estimate of drug-likeness (QED) is 0.605. The van der Waals surface area contributed by atoms with E-state index in [1.807, 2.05) is 6.20 Å². The van der Waals surface area contributed by atoms with Crippen molar-refractivity contribution in [1.29, 1.82) is 5.26 Å². The van der Waals surface area contributed by atoms with Crippen LogP contribution in [0.2, 0.25) is 0 Å². The van der Waals surface area contributed by atoms with Crippen molar-refractivity contribution in [3.63, 3.8) is 0 Å². The van der Waals surface area contributed by atoms with E-state index in [4.69, 9.17) is 5.26 Å². The monoisotopic (exact) mass is 172 g/mol. The molecule has 0 fully saturated rings. The van der Waals surface area contributed by atoms with E-state index in [9.17, 15) is 0 Å². The van der Waals surface area contributed by atoms with E-state index in [0.29, 0.717) is 6.04 Å². The highest BCUT2D eigenvalue weighted by molar-refractivity contribution is 5.44. The van der Waals surface area contributed by atoms with Crippen molar-refractivity contribution in [2.75, 3.05) is 0 Å². The summed E-state index contributed by atoms with van der Waals surface area (Å²) in [6, 6.07) is 2.56. The Hall–Kier alpha value is -1.49. The zero-order chi connectivity index (χ0) is 9.42. The molecular weight excluding hydrogens is 160 g/mol. The lowest BCUT2D eigenvalue weighted by Gasteiger charge is -2.25. The Labute approximate surface area is 78.3 Å². The van der Waals surface area contributed by atoms with Gasteiger partial charge in [-0.2, -0.15) is 5.26 Å². The molecule has 0 saturated carbocycles. The summed E-state index contributed by atoms with van der Waals surface area (Å²) in [6.45, 7) is 4.18. The highest BCUT2D eigenvalue weighted by atomic mass is 14.9. The molecule has 0 aromatic carbocycles. The van der Waals surface area contributed by atoms with E-state index < -0.39 is 0 Å². The van der Waals surface area contributed by atoms with Gasteiger partial charge in [-0.3, -0.25) is 0 Å². The molecule has 0 radical (unpaired) electrons. The predicted molar refractivity (Wildman–Crippen MR) is 51.6 cm³/mol. The molecule has 2 atom stereocenters. The van der Waals surface area contributed by atoms with Crippen LogP contribution in [-0.2, 0) is 0 Å². The Morgan fingerprint density at radius 3 is 2.69 bits per heavy atom. The largest absolute Gasteiger partial charge is 0.383 e. The lowest BCUT2D eigenvalue weighted by atomic mass is 9.82. The summed E-state index contributed by atoms with van der Waals surface area (Å²) in [5.41, 5.74) is 3.43. The second-order valence-corrected chi connectivity index (χ2v) is 3.65. The fourth-order valence-corrected chi connectivity index (χ4v) is 2.02. The number of nitrogens with one attached hydrogen (secondary N) is 1. The van der Waals surface area contributed by atoms with Gasteiger partial charge < -0.3 is 5.32 Å². The second-order valence-electron chi connectivity index (χ2n) is 3.65. The molecule has 0 amide bonds. The molecule has 2 heteroatoms. The van der Waals surface area contributed by atoms with Crippen LogP contribution in [0.15, 0.2) is 35.1 Å². The molecule has 0 aromatic heterocycles. The molecule has 1 N–H and O–H groups in total. The fourth-order valence-electron chi connectivity index (χ4n) is 2.02. The highest BCUT2D eigenvalue weighted by Crippen LogP contribution is 2.34. The summed E-state index contributed by atoms with van der Waals surface area (Å²) < 4.78 is 0. The van der Waals surface area contributed by atoms with Crippen LogP contribution in [0, 0.1) is 17.2 Å². The molecule has 1 aliphatic heterocycles. The first-order valence-electron chi connectivity index (χ1n) is 4.45. The fraction of sp³-hybridized carbons (Fsp3) is 0.364. The van der Waals surface area contributed by atoms with Gasteiger partial charge in [0.25, 0.3) is 0 Å².